The second-order valence-electron chi connectivity index (χ2n) is 10.0. The summed E-state index contributed by atoms with van der Waals surface area (Å²) in [5, 5.41) is 20.5. The van der Waals surface area contributed by atoms with Crippen LogP contribution in [0.1, 0.15) is 86.3 Å². The molecule has 0 radical (unpaired) electrons. The number of aromatic nitrogens is 7. The molecule has 0 unspecified atom stereocenters. The normalized spacial score (nSPS) is 23.3. The molecule has 2 fully saturated rings. The minimum atomic E-state index is -0.498. The van der Waals surface area contributed by atoms with Crippen LogP contribution in [0.2, 0.25) is 0 Å². The maximum absolute atomic E-state index is 13.9. The van der Waals surface area contributed by atoms with Crippen LogP contribution in [0.4, 0.5) is 4.39 Å². The van der Waals surface area contributed by atoms with E-state index >= 15 is 0 Å². The van der Waals surface area contributed by atoms with Crippen LogP contribution in [0.15, 0.2) is 12.1 Å². The lowest BCUT2D eigenvalue weighted by atomic mass is 9.95. The van der Waals surface area contributed by atoms with Gasteiger partial charge in [0.15, 0.2) is 11.0 Å². The topological polar surface area (TPSA) is 121 Å². The van der Waals surface area contributed by atoms with Crippen molar-refractivity contribution in [1.82, 2.24) is 39.9 Å². The highest BCUT2D eigenvalue weighted by Gasteiger charge is 2.42. The van der Waals surface area contributed by atoms with E-state index in [0.29, 0.717) is 29.9 Å². The molecule has 0 saturated carbocycles. The number of tetrazole rings is 1. The highest BCUT2D eigenvalue weighted by Crippen LogP contribution is 2.42. The van der Waals surface area contributed by atoms with Gasteiger partial charge in [0.2, 0.25) is 5.91 Å². The summed E-state index contributed by atoms with van der Waals surface area (Å²) < 4.78 is 17.9. The Morgan fingerprint density at radius 3 is 2.54 bits per heavy atom. The highest BCUT2D eigenvalue weighted by molar-refractivity contribution is 7.10. The molecule has 2 saturated heterocycles. The van der Waals surface area contributed by atoms with Gasteiger partial charge in [0.05, 0.1) is 12.5 Å². The average molecular weight is 502 g/mol. The van der Waals surface area contributed by atoms with Gasteiger partial charge >= 0.3 is 0 Å². The van der Waals surface area contributed by atoms with Crippen molar-refractivity contribution in [2.45, 2.75) is 89.4 Å². The molecule has 2 aliphatic heterocycles. The number of halogens is 1. The van der Waals surface area contributed by atoms with Crippen LogP contribution < -0.4 is 5.73 Å². The molecule has 3 atom stereocenters. The van der Waals surface area contributed by atoms with Gasteiger partial charge in [-0.3, -0.25) is 9.69 Å². The van der Waals surface area contributed by atoms with Gasteiger partial charge in [0.25, 0.3) is 0 Å². The standard InChI is InChI=1S/C23H32FN9OS/c1-13(2)23-28-26-14(3)32(23)17-10-15-4-5-16(11-17)31(15)9-8-18(19-6-7-20(24)35-19)33-22(12-21(25)34)27-29-30-33/h6-7,13,15-18H,4-5,8-12H2,1-3H3,(H2,25,34)/t15-,16-,18-/m0/s1. The van der Waals surface area contributed by atoms with Crippen LogP contribution in [-0.4, -0.2) is 64.4 Å². The summed E-state index contributed by atoms with van der Waals surface area (Å²) in [6.45, 7) is 7.24. The van der Waals surface area contributed by atoms with E-state index in [-0.39, 0.29) is 17.6 Å². The number of carbonyl (C=O) groups excluding carboxylic acids is 1. The van der Waals surface area contributed by atoms with Gasteiger partial charge < -0.3 is 10.3 Å². The maximum atomic E-state index is 13.9. The highest BCUT2D eigenvalue weighted by atomic mass is 32.1. The number of rotatable bonds is 9. The molecule has 35 heavy (non-hydrogen) atoms. The lowest BCUT2D eigenvalue weighted by molar-refractivity contribution is -0.117. The van der Waals surface area contributed by atoms with Gasteiger partial charge in [-0.1, -0.05) is 13.8 Å². The van der Waals surface area contributed by atoms with E-state index in [4.69, 9.17) is 5.73 Å². The molecule has 2 N–H and O–H groups in total. The number of piperidine rings is 1. The molecule has 0 aliphatic carbocycles. The Labute approximate surface area is 207 Å². The van der Waals surface area contributed by atoms with Gasteiger partial charge in [-0.15, -0.1) is 26.6 Å². The number of amides is 1. The summed E-state index contributed by atoms with van der Waals surface area (Å²) >= 11 is 1.10. The molecule has 5 heterocycles. The molecule has 3 aromatic rings. The number of nitrogens with two attached hydrogens (primary N) is 1. The smallest absolute Gasteiger partial charge is 0.225 e. The van der Waals surface area contributed by atoms with Crippen LogP contribution in [0.25, 0.3) is 0 Å². The first-order chi connectivity index (χ1) is 16.8. The van der Waals surface area contributed by atoms with Crippen LogP contribution in [0.5, 0.6) is 0 Å². The Bertz CT molecular complexity index is 1170. The van der Waals surface area contributed by atoms with E-state index in [2.05, 4.69) is 49.0 Å². The minimum absolute atomic E-state index is 0.0511. The van der Waals surface area contributed by atoms with Gasteiger partial charge in [-0.2, -0.15) is 4.39 Å². The van der Waals surface area contributed by atoms with Crippen molar-refractivity contribution in [2.75, 3.05) is 6.54 Å². The lowest BCUT2D eigenvalue weighted by Gasteiger charge is -2.40. The molecule has 10 nitrogen and oxygen atoms in total. The maximum Gasteiger partial charge on any atom is 0.225 e. The number of thiophene rings is 1. The second kappa shape index (κ2) is 9.73. The first-order valence-electron chi connectivity index (χ1n) is 12.3. The fourth-order valence-corrected chi connectivity index (χ4v) is 6.79. The molecule has 2 bridgehead atoms. The SMILES string of the molecule is Cc1nnc(C(C)C)n1C1C[C@@H]2CC[C@@H](C1)N2CC[C@@H](c1ccc(F)s1)n1nnnc1CC(N)=O. The molecule has 12 heteroatoms. The van der Waals surface area contributed by atoms with Crippen molar-refractivity contribution in [3.05, 3.63) is 39.6 Å². The summed E-state index contributed by atoms with van der Waals surface area (Å²) in [7, 11) is 0. The van der Waals surface area contributed by atoms with Gasteiger partial charge in [-0.05, 0) is 61.6 Å². The van der Waals surface area contributed by atoms with Gasteiger partial charge in [0, 0.05) is 35.5 Å². The van der Waals surface area contributed by atoms with Crippen LogP contribution in [0.3, 0.4) is 0 Å². The molecule has 3 aromatic heterocycles. The van der Waals surface area contributed by atoms with Gasteiger partial charge in [-0.25, -0.2) is 4.68 Å². The first kappa shape index (κ1) is 24.0. The molecular formula is C23H32FN9OS. The third-order valence-corrected chi connectivity index (χ3v) is 8.38. The number of fused-ring (bicyclic) bond motifs is 2. The number of nitrogens with zero attached hydrogens (tertiary/aromatic N) is 8. The van der Waals surface area contributed by atoms with Crippen LogP contribution in [-0.2, 0) is 11.2 Å². The molecule has 0 aromatic carbocycles. The predicted octanol–water partition coefficient (Wildman–Crippen LogP) is 2.77. The summed E-state index contributed by atoms with van der Waals surface area (Å²) in [6, 6.07) is 4.39. The summed E-state index contributed by atoms with van der Waals surface area (Å²) in [5.41, 5.74) is 5.40. The minimum Gasteiger partial charge on any atom is -0.369 e. The number of aryl methyl sites for hydroxylation is 1. The number of hydrogen-bond donors (Lipinski definition) is 1. The van der Waals surface area contributed by atoms with Crippen molar-refractivity contribution in [3.63, 3.8) is 0 Å². The Balaban J connectivity index is 1.33. The zero-order chi connectivity index (χ0) is 24.7. The zero-order valence-electron chi connectivity index (χ0n) is 20.3. The van der Waals surface area contributed by atoms with Crippen LogP contribution in [0, 0.1) is 12.1 Å². The van der Waals surface area contributed by atoms with E-state index in [1.54, 1.807) is 10.7 Å². The summed E-state index contributed by atoms with van der Waals surface area (Å²) in [6.07, 6.45) is 5.17. The molecule has 2 aliphatic rings. The van der Waals surface area contributed by atoms with E-state index in [1.165, 1.54) is 18.9 Å². The predicted molar refractivity (Wildman–Crippen MR) is 128 cm³/mol. The number of carbonyl (C=O) groups is 1. The lowest BCUT2D eigenvalue weighted by Crippen LogP contribution is -2.44. The Kier molecular flexibility index (Phi) is 6.67. The monoisotopic (exact) mass is 501 g/mol. The Morgan fingerprint density at radius 2 is 1.91 bits per heavy atom. The fraction of sp³-hybridized carbons (Fsp3) is 0.652. The fourth-order valence-electron chi connectivity index (χ4n) is 5.94. The van der Waals surface area contributed by atoms with E-state index in [0.717, 1.165) is 53.7 Å². The molecule has 1 amide bonds. The molecule has 0 spiro atoms. The summed E-state index contributed by atoms with van der Waals surface area (Å²) in [4.78, 5) is 15.0. The average Bonchev–Trinajstić information content (AvgIpc) is 3.56. The van der Waals surface area contributed by atoms with Crippen molar-refractivity contribution >= 4 is 17.2 Å². The third-order valence-electron chi connectivity index (χ3n) is 7.41. The largest absolute Gasteiger partial charge is 0.369 e. The first-order valence-corrected chi connectivity index (χ1v) is 13.1. The zero-order valence-corrected chi connectivity index (χ0v) is 21.2. The van der Waals surface area contributed by atoms with Crippen molar-refractivity contribution in [2.24, 2.45) is 5.73 Å². The summed E-state index contributed by atoms with van der Waals surface area (Å²) in [5.74, 6) is 2.31. The van der Waals surface area contributed by atoms with E-state index < -0.39 is 5.91 Å². The van der Waals surface area contributed by atoms with Gasteiger partial charge in [0.1, 0.15) is 11.6 Å². The third kappa shape index (κ3) is 4.73. The molecular weight excluding hydrogens is 469 g/mol. The number of primary amides is 1. The van der Waals surface area contributed by atoms with Crippen LogP contribution >= 0.6 is 11.3 Å². The molecule has 5 rings (SSSR count). The van der Waals surface area contributed by atoms with E-state index in [1.807, 2.05) is 6.92 Å². The Morgan fingerprint density at radius 1 is 1.17 bits per heavy atom. The molecule has 188 valence electrons. The Hall–Kier alpha value is -2.73. The quantitative estimate of drug-likeness (QED) is 0.479. The second-order valence-corrected chi connectivity index (χ2v) is 11.1. The van der Waals surface area contributed by atoms with Crippen molar-refractivity contribution in [3.8, 4) is 0 Å². The van der Waals surface area contributed by atoms with Crippen molar-refractivity contribution in [1.29, 1.82) is 0 Å². The number of hydrogen-bond acceptors (Lipinski definition) is 8. The van der Waals surface area contributed by atoms with Crippen molar-refractivity contribution < 1.29 is 9.18 Å². The van der Waals surface area contributed by atoms with E-state index in [9.17, 15) is 9.18 Å².